The Kier molecular flexibility index (Phi) is 4.35. The van der Waals surface area contributed by atoms with Crippen LogP contribution in [0.25, 0.3) is 0 Å². The Morgan fingerprint density at radius 1 is 1.18 bits per heavy atom. The maximum atomic E-state index is 6.16. The lowest BCUT2D eigenvalue weighted by Crippen LogP contribution is -2.23. The van der Waals surface area contributed by atoms with Crippen molar-refractivity contribution in [1.82, 2.24) is 0 Å². The number of aryl methyl sites for hydroxylation is 2. The van der Waals surface area contributed by atoms with Crippen LogP contribution in [-0.2, 0) is 12.8 Å². The molecule has 1 aromatic carbocycles. The lowest BCUT2D eigenvalue weighted by Gasteiger charge is -2.11. The quantitative estimate of drug-likeness (QED) is 0.856. The third kappa shape index (κ3) is 3.99. The normalized spacial score (nSPS) is 12.6. The minimum absolute atomic E-state index is 0.264. The van der Waals surface area contributed by atoms with Gasteiger partial charge in [0.1, 0.15) is 0 Å². The molecule has 90 valence electrons. The first-order valence-corrected chi connectivity index (χ1v) is 6.95. The van der Waals surface area contributed by atoms with Crippen molar-refractivity contribution < 1.29 is 0 Å². The van der Waals surface area contributed by atoms with Gasteiger partial charge < -0.3 is 5.73 Å². The maximum absolute atomic E-state index is 6.16. The first-order chi connectivity index (χ1) is 8.24. The van der Waals surface area contributed by atoms with Crippen molar-refractivity contribution in [2.24, 2.45) is 5.73 Å². The van der Waals surface area contributed by atoms with Gasteiger partial charge in [-0.25, -0.2) is 0 Å². The lowest BCUT2D eigenvalue weighted by molar-refractivity contribution is 0.613. The summed E-state index contributed by atoms with van der Waals surface area (Å²) in [6.45, 7) is 2.11. The van der Waals surface area contributed by atoms with Crippen LogP contribution in [0.3, 0.4) is 0 Å². The molecule has 0 fully saturated rings. The molecule has 2 N–H and O–H groups in total. The van der Waals surface area contributed by atoms with Gasteiger partial charge in [-0.15, -0.1) is 11.3 Å². The van der Waals surface area contributed by atoms with Crippen LogP contribution in [0.4, 0.5) is 0 Å². The van der Waals surface area contributed by atoms with Crippen LogP contribution in [0.1, 0.15) is 22.4 Å². The van der Waals surface area contributed by atoms with E-state index in [1.165, 1.54) is 16.0 Å². The summed E-state index contributed by atoms with van der Waals surface area (Å²) in [5.41, 5.74) is 8.81. The Hall–Kier alpha value is -1.12. The number of hydrogen-bond acceptors (Lipinski definition) is 2. The summed E-state index contributed by atoms with van der Waals surface area (Å²) in [7, 11) is 0. The Morgan fingerprint density at radius 3 is 2.59 bits per heavy atom. The molecule has 1 heterocycles. The van der Waals surface area contributed by atoms with Crippen LogP contribution in [0.5, 0.6) is 0 Å². The molecule has 2 aromatic rings. The molecular formula is C15H19NS. The molecule has 1 atom stereocenters. The molecular weight excluding hydrogens is 226 g/mol. The van der Waals surface area contributed by atoms with Crippen LogP contribution in [-0.4, -0.2) is 6.04 Å². The predicted molar refractivity (Wildman–Crippen MR) is 75.5 cm³/mol. The van der Waals surface area contributed by atoms with E-state index < -0.39 is 0 Å². The fourth-order valence-corrected chi connectivity index (χ4v) is 2.64. The zero-order chi connectivity index (χ0) is 12.1. The molecule has 1 unspecified atom stereocenters. The monoisotopic (exact) mass is 245 g/mol. The predicted octanol–water partition coefficient (Wildman–Crippen LogP) is 3.56. The summed E-state index contributed by atoms with van der Waals surface area (Å²) in [5.74, 6) is 0. The Bertz CT molecular complexity index is 430. The van der Waals surface area contributed by atoms with E-state index >= 15 is 0 Å². The lowest BCUT2D eigenvalue weighted by atomic mass is 10.0. The fraction of sp³-hybridized carbons (Fsp3) is 0.333. The first-order valence-electron chi connectivity index (χ1n) is 6.07. The van der Waals surface area contributed by atoms with Crippen molar-refractivity contribution in [1.29, 1.82) is 0 Å². The molecule has 0 saturated heterocycles. The SMILES string of the molecule is Cc1ccc(CC(N)CCc2cccs2)cc1. The van der Waals surface area contributed by atoms with Gasteiger partial charge in [-0.2, -0.15) is 0 Å². The molecule has 0 spiro atoms. The van der Waals surface area contributed by atoms with E-state index in [0.29, 0.717) is 0 Å². The van der Waals surface area contributed by atoms with E-state index in [0.717, 1.165) is 19.3 Å². The van der Waals surface area contributed by atoms with Crippen molar-refractivity contribution in [2.45, 2.75) is 32.2 Å². The molecule has 0 aliphatic carbocycles. The van der Waals surface area contributed by atoms with Crippen molar-refractivity contribution in [3.63, 3.8) is 0 Å². The average Bonchev–Trinajstić information content (AvgIpc) is 2.83. The summed E-state index contributed by atoms with van der Waals surface area (Å²) in [5, 5.41) is 2.13. The molecule has 0 bridgehead atoms. The smallest absolute Gasteiger partial charge is 0.00827 e. The van der Waals surface area contributed by atoms with E-state index in [-0.39, 0.29) is 6.04 Å². The highest BCUT2D eigenvalue weighted by Gasteiger charge is 2.05. The van der Waals surface area contributed by atoms with Crippen molar-refractivity contribution >= 4 is 11.3 Å². The molecule has 0 radical (unpaired) electrons. The highest BCUT2D eigenvalue weighted by Crippen LogP contribution is 2.13. The minimum Gasteiger partial charge on any atom is -0.327 e. The molecule has 0 aliphatic rings. The number of thiophene rings is 1. The van der Waals surface area contributed by atoms with E-state index in [1.807, 2.05) is 11.3 Å². The van der Waals surface area contributed by atoms with Gasteiger partial charge in [-0.05, 0) is 43.2 Å². The summed E-state index contributed by atoms with van der Waals surface area (Å²) in [6, 6.07) is 13.2. The van der Waals surface area contributed by atoms with Crippen LogP contribution in [0.2, 0.25) is 0 Å². The van der Waals surface area contributed by atoms with Crippen LogP contribution >= 0.6 is 11.3 Å². The molecule has 2 rings (SSSR count). The number of rotatable bonds is 5. The summed E-state index contributed by atoms with van der Waals surface area (Å²) < 4.78 is 0. The van der Waals surface area contributed by atoms with E-state index in [9.17, 15) is 0 Å². The first kappa shape index (κ1) is 12.3. The fourth-order valence-electron chi connectivity index (χ4n) is 1.91. The zero-order valence-electron chi connectivity index (χ0n) is 10.2. The second kappa shape index (κ2) is 5.99. The topological polar surface area (TPSA) is 26.0 Å². The van der Waals surface area contributed by atoms with Crippen LogP contribution < -0.4 is 5.73 Å². The van der Waals surface area contributed by atoms with E-state index in [1.54, 1.807) is 0 Å². The summed E-state index contributed by atoms with van der Waals surface area (Å²) >= 11 is 1.82. The van der Waals surface area contributed by atoms with Crippen molar-refractivity contribution in [2.75, 3.05) is 0 Å². The van der Waals surface area contributed by atoms with Gasteiger partial charge in [-0.1, -0.05) is 35.9 Å². The van der Waals surface area contributed by atoms with Gasteiger partial charge in [0.15, 0.2) is 0 Å². The van der Waals surface area contributed by atoms with Gasteiger partial charge in [0.2, 0.25) is 0 Å². The molecule has 17 heavy (non-hydrogen) atoms. The van der Waals surface area contributed by atoms with Crippen molar-refractivity contribution in [3.8, 4) is 0 Å². The van der Waals surface area contributed by atoms with E-state index in [4.69, 9.17) is 5.73 Å². The standard InChI is InChI=1S/C15H19NS/c1-12-4-6-13(7-5-12)11-14(16)8-9-15-3-2-10-17-15/h2-7,10,14H,8-9,11,16H2,1H3. The van der Waals surface area contributed by atoms with Gasteiger partial charge in [0, 0.05) is 10.9 Å². The molecule has 2 heteroatoms. The number of nitrogens with two attached hydrogens (primary N) is 1. The van der Waals surface area contributed by atoms with Crippen molar-refractivity contribution in [3.05, 3.63) is 57.8 Å². The summed E-state index contributed by atoms with van der Waals surface area (Å²) in [4.78, 5) is 1.43. The molecule has 0 amide bonds. The second-order valence-corrected chi connectivity index (χ2v) is 5.60. The second-order valence-electron chi connectivity index (χ2n) is 4.57. The van der Waals surface area contributed by atoms with Crippen LogP contribution in [0, 0.1) is 6.92 Å². The number of hydrogen-bond donors (Lipinski definition) is 1. The van der Waals surface area contributed by atoms with Gasteiger partial charge >= 0.3 is 0 Å². The van der Waals surface area contributed by atoms with E-state index in [2.05, 4.69) is 48.7 Å². The van der Waals surface area contributed by atoms with Gasteiger partial charge in [-0.3, -0.25) is 0 Å². The molecule has 1 nitrogen and oxygen atoms in total. The Morgan fingerprint density at radius 2 is 1.94 bits per heavy atom. The number of benzene rings is 1. The highest BCUT2D eigenvalue weighted by molar-refractivity contribution is 7.09. The molecule has 0 saturated carbocycles. The van der Waals surface area contributed by atoms with Gasteiger partial charge in [0.25, 0.3) is 0 Å². The Labute approximate surface area is 107 Å². The third-order valence-corrected chi connectivity index (χ3v) is 3.90. The third-order valence-electron chi connectivity index (χ3n) is 2.96. The maximum Gasteiger partial charge on any atom is 0.00827 e. The summed E-state index contributed by atoms with van der Waals surface area (Å²) in [6.07, 6.45) is 3.14. The highest BCUT2D eigenvalue weighted by atomic mass is 32.1. The molecule has 1 aromatic heterocycles. The Balaban J connectivity index is 1.80. The molecule has 0 aliphatic heterocycles. The van der Waals surface area contributed by atoms with Crippen LogP contribution in [0.15, 0.2) is 41.8 Å². The largest absolute Gasteiger partial charge is 0.327 e. The minimum atomic E-state index is 0.264. The average molecular weight is 245 g/mol. The zero-order valence-corrected chi connectivity index (χ0v) is 11.0. The van der Waals surface area contributed by atoms with Gasteiger partial charge in [0.05, 0.1) is 0 Å².